The fraction of sp³-hybridized carbons (Fsp3) is 0.462. The van der Waals surface area contributed by atoms with Crippen LogP contribution in [0.25, 0.3) is 0 Å². The molecule has 1 rings (SSSR count). The summed E-state index contributed by atoms with van der Waals surface area (Å²) >= 11 is 6.15. The first-order chi connectivity index (χ1) is 8.93. The molecule has 5 nitrogen and oxygen atoms in total. The Kier molecular flexibility index (Phi) is 6.24. The quantitative estimate of drug-likeness (QED) is 0.517. The van der Waals surface area contributed by atoms with E-state index < -0.39 is 6.10 Å². The van der Waals surface area contributed by atoms with Gasteiger partial charge in [0.05, 0.1) is 12.7 Å². The van der Waals surface area contributed by atoms with E-state index in [9.17, 15) is 5.11 Å². The maximum atomic E-state index is 9.64. The molecule has 1 atom stereocenters. The molecular formula is C13H20ClN3O2. The number of methoxy groups -OCH3 is 1. The number of amidine groups is 1. The first-order valence-corrected chi connectivity index (χ1v) is 6.30. The largest absolute Gasteiger partial charge is 0.389 e. The van der Waals surface area contributed by atoms with E-state index in [0.717, 1.165) is 5.56 Å². The first-order valence-electron chi connectivity index (χ1n) is 5.92. The molecule has 0 fully saturated rings. The molecule has 19 heavy (non-hydrogen) atoms. The molecule has 1 unspecified atom stereocenters. The van der Waals surface area contributed by atoms with E-state index in [1.807, 2.05) is 18.0 Å². The molecule has 0 saturated heterocycles. The van der Waals surface area contributed by atoms with E-state index in [4.69, 9.17) is 27.5 Å². The Morgan fingerprint density at radius 1 is 1.58 bits per heavy atom. The molecule has 0 aliphatic carbocycles. The summed E-state index contributed by atoms with van der Waals surface area (Å²) in [6.07, 6.45) is -0.523. The summed E-state index contributed by atoms with van der Waals surface area (Å²) in [5.74, 6) is -0.00248. The standard InChI is InChI=1S/C13H20ClN3O2/c1-17(7-11(18)8-19-2)6-10-4-3-9(13(15)16)5-12(10)14/h3-5,11,18H,6-8H2,1-2H3,(H3,15,16). The number of nitrogens with two attached hydrogens (primary N) is 1. The van der Waals surface area contributed by atoms with Crippen molar-refractivity contribution in [1.82, 2.24) is 4.90 Å². The van der Waals surface area contributed by atoms with Gasteiger partial charge in [0.2, 0.25) is 0 Å². The molecule has 0 heterocycles. The molecule has 0 radical (unpaired) electrons. The fourth-order valence-electron chi connectivity index (χ4n) is 1.80. The lowest BCUT2D eigenvalue weighted by Gasteiger charge is -2.20. The van der Waals surface area contributed by atoms with E-state index in [-0.39, 0.29) is 5.84 Å². The third kappa shape index (κ3) is 5.16. The maximum Gasteiger partial charge on any atom is 0.122 e. The number of hydrogen-bond donors (Lipinski definition) is 3. The number of rotatable bonds is 7. The average Bonchev–Trinajstić information content (AvgIpc) is 2.31. The lowest BCUT2D eigenvalue weighted by molar-refractivity contribution is 0.0419. The zero-order valence-corrected chi connectivity index (χ0v) is 11.9. The second kappa shape index (κ2) is 7.45. The van der Waals surface area contributed by atoms with Crippen molar-refractivity contribution in [3.05, 3.63) is 34.3 Å². The number of aliphatic hydroxyl groups excluding tert-OH is 1. The number of nitrogen functional groups attached to an aromatic ring is 1. The van der Waals surface area contributed by atoms with Gasteiger partial charge in [0.15, 0.2) is 0 Å². The summed E-state index contributed by atoms with van der Waals surface area (Å²) in [4.78, 5) is 1.96. The van der Waals surface area contributed by atoms with Crippen LogP contribution >= 0.6 is 11.6 Å². The lowest BCUT2D eigenvalue weighted by atomic mass is 10.1. The smallest absolute Gasteiger partial charge is 0.122 e. The summed E-state index contributed by atoms with van der Waals surface area (Å²) < 4.78 is 4.88. The second-order valence-electron chi connectivity index (χ2n) is 4.53. The van der Waals surface area contributed by atoms with E-state index in [1.165, 1.54) is 0 Å². The number of aliphatic hydroxyl groups is 1. The van der Waals surface area contributed by atoms with Gasteiger partial charge in [-0.2, -0.15) is 0 Å². The molecule has 4 N–H and O–H groups in total. The van der Waals surface area contributed by atoms with Crippen LogP contribution in [0.4, 0.5) is 0 Å². The molecule has 0 spiro atoms. The SMILES string of the molecule is COCC(O)CN(C)Cc1ccc(C(=N)N)cc1Cl. The molecule has 0 aliphatic rings. The molecule has 0 amide bonds. The van der Waals surface area contributed by atoms with E-state index in [2.05, 4.69) is 0 Å². The van der Waals surface area contributed by atoms with Gasteiger partial charge in [0, 0.05) is 30.8 Å². The van der Waals surface area contributed by atoms with Crippen LogP contribution in [0.2, 0.25) is 5.02 Å². The third-order valence-electron chi connectivity index (χ3n) is 2.69. The minimum atomic E-state index is -0.523. The molecule has 1 aromatic rings. The van der Waals surface area contributed by atoms with Gasteiger partial charge in [-0.05, 0) is 18.7 Å². The number of nitrogens with zero attached hydrogens (tertiary/aromatic N) is 1. The minimum Gasteiger partial charge on any atom is -0.389 e. The average molecular weight is 286 g/mol. The van der Waals surface area contributed by atoms with Crippen LogP contribution in [0.15, 0.2) is 18.2 Å². The zero-order valence-electron chi connectivity index (χ0n) is 11.2. The summed E-state index contributed by atoms with van der Waals surface area (Å²) in [5, 5.41) is 17.6. The van der Waals surface area contributed by atoms with Gasteiger partial charge in [-0.1, -0.05) is 23.7 Å². The first kappa shape index (κ1) is 15.9. The summed E-state index contributed by atoms with van der Waals surface area (Å²) in [6.45, 7) is 1.41. The predicted octanol–water partition coefficient (Wildman–Crippen LogP) is 1.06. The van der Waals surface area contributed by atoms with Crippen molar-refractivity contribution >= 4 is 17.4 Å². The second-order valence-corrected chi connectivity index (χ2v) is 4.93. The summed E-state index contributed by atoms with van der Waals surface area (Å²) in [5.41, 5.74) is 6.94. The lowest BCUT2D eigenvalue weighted by Crippen LogP contribution is -2.31. The molecular weight excluding hydrogens is 266 g/mol. The van der Waals surface area contributed by atoms with Gasteiger partial charge < -0.3 is 15.6 Å². The highest BCUT2D eigenvalue weighted by molar-refractivity contribution is 6.31. The number of nitrogens with one attached hydrogen (secondary N) is 1. The van der Waals surface area contributed by atoms with Gasteiger partial charge in [-0.25, -0.2) is 0 Å². The highest BCUT2D eigenvalue weighted by Crippen LogP contribution is 2.19. The molecule has 106 valence electrons. The van der Waals surface area contributed by atoms with Crippen LogP contribution in [0.1, 0.15) is 11.1 Å². The Morgan fingerprint density at radius 2 is 2.26 bits per heavy atom. The summed E-state index contributed by atoms with van der Waals surface area (Å²) in [6, 6.07) is 5.29. The van der Waals surface area contributed by atoms with Gasteiger partial charge in [-0.3, -0.25) is 10.3 Å². The molecule has 0 saturated carbocycles. The Labute approximate surface area is 118 Å². The van der Waals surface area contributed by atoms with Crippen LogP contribution in [0.5, 0.6) is 0 Å². The highest BCUT2D eigenvalue weighted by atomic mass is 35.5. The number of halogens is 1. The molecule has 0 aromatic heterocycles. The van der Waals surface area contributed by atoms with Crippen molar-refractivity contribution < 1.29 is 9.84 Å². The Morgan fingerprint density at radius 3 is 2.79 bits per heavy atom. The normalized spacial score (nSPS) is 12.7. The number of likely N-dealkylation sites (N-methyl/N-ethyl adjacent to an activating group) is 1. The van der Waals surface area contributed by atoms with Gasteiger partial charge >= 0.3 is 0 Å². The van der Waals surface area contributed by atoms with Gasteiger partial charge in [-0.15, -0.1) is 0 Å². The summed E-state index contributed by atoms with van der Waals surface area (Å²) in [7, 11) is 3.45. The number of hydrogen-bond acceptors (Lipinski definition) is 4. The Bertz CT molecular complexity index is 440. The van der Waals surface area contributed by atoms with Crippen LogP contribution in [-0.4, -0.2) is 49.3 Å². The number of benzene rings is 1. The molecule has 6 heteroatoms. The maximum absolute atomic E-state index is 9.64. The molecule has 0 aliphatic heterocycles. The van der Waals surface area contributed by atoms with Crippen molar-refractivity contribution in [2.24, 2.45) is 5.73 Å². The van der Waals surface area contributed by atoms with Crippen molar-refractivity contribution in [1.29, 1.82) is 5.41 Å². The Balaban J connectivity index is 2.64. The topological polar surface area (TPSA) is 82.6 Å². The van der Waals surface area contributed by atoms with Gasteiger partial charge in [0.25, 0.3) is 0 Å². The van der Waals surface area contributed by atoms with E-state index >= 15 is 0 Å². The van der Waals surface area contributed by atoms with Crippen molar-refractivity contribution in [2.75, 3.05) is 27.3 Å². The number of ether oxygens (including phenoxy) is 1. The monoisotopic (exact) mass is 285 g/mol. The van der Waals surface area contributed by atoms with Crippen molar-refractivity contribution in [2.45, 2.75) is 12.6 Å². The zero-order chi connectivity index (χ0) is 14.4. The minimum absolute atomic E-state index is 0.00248. The van der Waals surface area contributed by atoms with E-state index in [1.54, 1.807) is 19.2 Å². The van der Waals surface area contributed by atoms with Gasteiger partial charge in [0.1, 0.15) is 5.84 Å². The fourth-order valence-corrected chi connectivity index (χ4v) is 2.04. The molecule has 0 bridgehead atoms. The van der Waals surface area contributed by atoms with E-state index in [0.29, 0.717) is 30.3 Å². The predicted molar refractivity (Wildman–Crippen MR) is 76.7 cm³/mol. The van der Waals surface area contributed by atoms with Crippen LogP contribution in [-0.2, 0) is 11.3 Å². The highest BCUT2D eigenvalue weighted by Gasteiger charge is 2.10. The third-order valence-corrected chi connectivity index (χ3v) is 3.04. The van der Waals surface area contributed by atoms with Crippen LogP contribution in [0, 0.1) is 5.41 Å². The molecule has 1 aromatic carbocycles. The van der Waals surface area contributed by atoms with Crippen molar-refractivity contribution in [3.8, 4) is 0 Å². The van der Waals surface area contributed by atoms with Crippen LogP contribution < -0.4 is 5.73 Å². The van der Waals surface area contributed by atoms with Crippen molar-refractivity contribution in [3.63, 3.8) is 0 Å². The van der Waals surface area contributed by atoms with Crippen LogP contribution in [0.3, 0.4) is 0 Å². The Hall–Kier alpha value is -1.14.